The molecule has 0 bridgehead atoms. The molecule has 2 aromatic carbocycles. The fraction of sp³-hybridized carbons (Fsp3) is 0.0714. The van der Waals surface area contributed by atoms with Gasteiger partial charge in [0.1, 0.15) is 11.8 Å². The summed E-state index contributed by atoms with van der Waals surface area (Å²) < 4.78 is 0. The van der Waals surface area contributed by atoms with Gasteiger partial charge in [-0.15, -0.1) is 0 Å². The van der Waals surface area contributed by atoms with Gasteiger partial charge in [0.05, 0.1) is 11.3 Å². The molecule has 0 unspecified atom stereocenters. The fourth-order valence-corrected chi connectivity index (χ4v) is 1.82. The Balaban J connectivity index is 2.17. The van der Waals surface area contributed by atoms with Crippen molar-refractivity contribution in [3.8, 4) is 11.8 Å². The normalized spacial score (nSPS) is 9.78. The van der Waals surface area contributed by atoms with E-state index in [0.29, 0.717) is 22.7 Å². The number of para-hydroxylation sites is 1. The van der Waals surface area contributed by atoms with Crippen LogP contribution in [0.5, 0.6) is 5.75 Å². The molecule has 0 fully saturated rings. The van der Waals surface area contributed by atoms with Gasteiger partial charge in [-0.3, -0.25) is 0 Å². The van der Waals surface area contributed by atoms with Gasteiger partial charge in [-0.1, -0.05) is 23.7 Å². The van der Waals surface area contributed by atoms with Crippen LogP contribution in [0.15, 0.2) is 42.5 Å². The van der Waals surface area contributed by atoms with Crippen molar-refractivity contribution in [2.24, 2.45) is 0 Å². The number of phenols is 1. The molecular weight excluding hydrogens is 248 g/mol. The van der Waals surface area contributed by atoms with Gasteiger partial charge in [0.2, 0.25) is 0 Å². The van der Waals surface area contributed by atoms with Crippen LogP contribution in [0, 0.1) is 11.3 Å². The Hall–Kier alpha value is -2.18. The lowest BCUT2D eigenvalue weighted by atomic mass is 10.1. The van der Waals surface area contributed by atoms with Crippen molar-refractivity contribution in [1.82, 2.24) is 0 Å². The van der Waals surface area contributed by atoms with E-state index < -0.39 is 0 Å². The number of halogens is 1. The second-order valence-corrected chi connectivity index (χ2v) is 4.22. The van der Waals surface area contributed by atoms with Crippen LogP contribution in [0.25, 0.3) is 0 Å². The Morgan fingerprint density at radius 1 is 1.22 bits per heavy atom. The SMILES string of the molecule is N#Cc1ccccc1NCc1cc(Cl)ccc1O. The first-order valence-electron chi connectivity index (χ1n) is 5.41. The highest BCUT2D eigenvalue weighted by molar-refractivity contribution is 6.30. The number of hydrogen-bond donors (Lipinski definition) is 2. The molecule has 0 aliphatic rings. The molecule has 0 amide bonds. The Labute approximate surface area is 110 Å². The van der Waals surface area contributed by atoms with Crippen LogP contribution in [0.4, 0.5) is 5.69 Å². The number of aromatic hydroxyl groups is 1. The van der Waals surface area contributed by atoms with Crippen molar-refractivity contribution in [3.05, 3.63) is 58.6 Å². The van der Waals surface area contributed by atoms with E-state index in [0.717, 1.165) is 5.69 Å². The lowest BCUT2D eigenvalue weighted by Gasteiger charge is -2.09. The summed E-state index contributed by atoms with van der Waals surface area (Å²) in [5.74, 6) is 0.182. The number of benzene rings is 2. The molecule has 2 aromatic rings. The quantitative estimate of drug-likeness (QED) is 0.886. The third-order valence-corrected chi connectivity index (χ3v) is 2.79. The molecule has 0 heterocycles. The van der Waals surface area contributed by atoms with Gasteiger partial charge in [0.15, 0.2) is 0 Å². The van der Waals surface area contributed by atoms with Gasteiger partial charge in [-0.2, -0.15) is 5.26 Å². The molecular formula is C14H11ClN2O. The summed E-state index contributed by atoms with van der Waals surface area (Å²) in [6.07, 6.45) is 0. The van der Waals surface area contributed by atoms with Crippen molar-refractivity contribution in [3.63, 3.8) is 0 Å². The summed E-state index contributed by atoms with van der Waals surface area (Å²) in [6.45, 7) is 0.408. The Bertz CT molecular complexity index is 605. The summed E-state index contributed by atoms with van der Waals surface area (Å²) in [6, 6.07) is 14.2. The van der Waals surface area contributed by atoms with E-state index in [-0.39, 0.29) is 5.75 Å². The molecule has 2 N–H and O–H groups in total. The molecule has 4 heteroatoms. The zero-order valence-corrected chi connectivity index (χ0v) is 10.3. The largest absolute Gasteiger partial charge is 0.508 e. The van der Waals surface area contributed by atoms with Gasteiger partial charge in [0.25, 0.3) is 0 Å². The van der Waals surface area contributed by atoms with E-state index in [1.54, 1.807) is 30.3 Å². The summed E-state index contributed by atoms with van der Waals surface area (Å²) >= 11 is 5.87. The maximum Gasteiger partial charge on any atom is 0.120 e. The molecule has 0 aromatic heterocycles. The molecule has 2 rings (SSSR count). The van der Waals surface area contributed by atoms with Crippen molar-refractivity contribution in [2.45, 2.75) is 6.54 Å². The lowest BCUT2D eigenvalue weighted by molar-refractivity contribution is 0.469. The molecule has 90 valence electrons. The first-order valence-corrected chi connectivity index (χ1v) is 5.79. The maximum absolute atomic E-state index is 9.68. The topological polar surface area (TPSA) is 56.0 Å². The predicted octanol–water partition coefficient (Wildman–Crippen LogP) is 3.53. The minimum atomic E-state index is 0.182. The number of rotatable bonds is 3. The van der Waals surface area contributed by atoms with Crippen LogP contribution in [0.3, 0.4) is 0 Å². The first-order chi connectivity index (χ1) is 8.70. The summed E-state index contributed by atoms with van der Waals surface area (Å²) in [5, 5.41) is 22.3. The smallest absolute Gasteiger partial charge is 0.120 e. The number of anilines is 1. The van der Waals surface area contributed by atoms with E-state index in [2.05, 4.69) is 11.4 Å². The zero-order valence-electron chi connectivity index (χ0n) is 9.52. The van der Waals surface area contributed by atoms with Gasteiger partial charge in [-0.05, 0) is 30.3 Å². The summed E-state index contributed by atoms with van der Waals surface area (Å²) in [7, 11) is 0. The first kappa shape index (κ1) is 12.3. The van der Waals surface area contributed by atoms with E-state index >= 15 is 0 Å². The molecule has 0 saturated carbocycles. The van der Waals surface area contributed by atoms with Crippen molar-refractivity contribution in [1.29, 1.82) is 5.26 Å². The van der Waals surface area contributed by atoms with Crippen LogP contribution in [-0.4, -0.2) is 5.11 Å². The van der Waals surface area contributed by atoms with Gasteiger partial charge < -0.3 is 10.4 Å². The van der Waals surface area contributed by atoms with E-state index in [1.165, 1.54) is 0 Å². The van der Waals surface area contributed by atoms with E-state index in [1.807, 2.05) is 12.1 Å². The van der Waals surface area contributed by atoms with E-state index in [4.69, 9.17) is 16.9 Å². The molecule has 0 radical (unpaired) electrons. The Kier molecular flexibility index (Phi) is 3.71. The van der Waals surface area contributed by atoms with Crippen molar-refractivity contribution < 1.29 is 5.11 Å². The predicted molar refractivity (Wildman–Crippen MR) is 71.6 cm³/mol. The fourth-order valence-electron chi connectivity index (χ4n) is 1.62. The van der Waals surface area contributed by atoms with E-state index in [9.17, 15) is 5.11 Å². The monoisotopic (exact) mass is 258 g/mol. The molecule has 3 nitrogen and oxygen atoms in total. The number of nitrogens with one attached hydrogen (secondary N) is 1. The van der Waals surface area contributed by atoms with Crippen molar-refractivity contribution in [2.75, 3.05) is 5.32 Å². The third-order valence-electron chi connectivity index (χ3n) is 2.56. The van der Waals surface area contributed by atoms with Gasteiger partial charge >= 0.3 is 0 Å². The third kappa shape index (κ3) is 2.73. The molecule has 0 aliphatic heterocycles. The van der Waals surface area contributed by atoms with Crippen LogP contribution >= 0.6 is 11.6 Å². The second kappa shape index (κ2) is 5.44. The zero-order chi connectivity index (χ0) is 13.0. The average molecular weight is 259 g/mol. The molecule has 0 saturated heterocycles. The molecule has 0 spiro atoms. The molecule has 0 aliphatic carbocycles. The average Bonchev–Trinajstić information content (AvgIpc) is 2.40. The minimum absolute atomic E-state index is 0.182. The number of phenolic OH excluding ortho intramolecular Hbond substituents is 1. The highest BCUT2D eigenvalue weighted by atomic mass is 35.5. The van der Waals surface area contributed by atoms with Gasteiger partial charge in [-0.25, -0.2) is 0 Å². The number of hydrogen-bond acceptors (Lipinski definition) is 3. The standard InChI is InChI=1S/C14H11ClN2O/c15-12-5-6-14(18)11(7-12)9-17-13-4-2-1-3-10(13)8-16/h1-7,17-18H,9H2. The highest BCUT2D eigenvalue weighted by Crippen LogP contribution is 2.23. The van der Waals surface area contributed by atoms with Crippen LogP contribution < -0.4 is 5.32 Å². The highest BCUT2D eigenvalue weighted by Gasteiger charge is 2.04. The van der Waals surface area contributed by atoms with Crippen LogP contribution in [0.2, 0.25) is 5.02 Å². The number of nitriles is 1. The van der Waals surface area contributed by atoms with Crippen molar-refractivity contribution >= 4 is 17.3 Å². The van der Waals surface area contributed by atoms with Gasteiger partial charge in [0, 0.05) is 17.1 Å². The number of nitrogens with zero attached hydrogens (tertiary/aromatic N) is 1. The lowest BCUT2D eigenvalue weighted by Crippen LogP contribution is -2.01. The molecule has 0 atom stereocenters. The second-order valence-electron chi connectivity index (χ2n) is 3.78. The Morgan fingerprint density at radius 2 is 2.00 bits per heavy atom. The summed E-state index contributed by atoms with van der Waals surface area (Å²) in [5.41, 5.74) is 1.99. The summed E-state index contributed by atoms with van der Waals surface area (Å²) in [4.78, 5) is 0. The minimum Gasteiger partial charge on any atom is -0.508 e. The Morgan fingerprint density at radius 3 is 2.78 bits per heavy atom. The van der Waals surface area contributed by atoms with Crippen LogP contribution in [-0.2, 0) is 6.54 Å². The van der Waals surface area contributed by atoms with Crippen LogP contribution in [0.1, 0.15) is 11.1 Å². The maximum atomic E-state index is 9.68. The molecule has 18 heavy (non-hydrogen) atoms.